The van der Waals surface area contributed by atoms with E-state index in [2.05, 4.69) is 50.4 Å². The standard InChI is InChI=1S/C18H25NO/c1-4-14-5-7-15(8-6-14)9-10-17(20)19-16-11-12-18(2,3)13-16/h5-10,16H,4,11-13H2,1-3H3,(H,19,20)/b10-9+. The fourth-order valence-electron chi connectivity index (χ4n) is 2.84. The minimum absolute atomic E-state index is 0.0206. The van der Waals surface area contributed by atoms with Crippen LogP contribution in [0.15, 0.2) is 30.3 Å². The zero-order chi connectivity index (χ0) is 14.6. The Kier molecular flexibility index (Phi) is 4.64. The molecule has 0 spiro atoms. The molecule has 0 aromatic heterocycles. The van der Waals surface area contributed by atoms with Crippen molar-refractivity contribution < 1.29 is 4.79 Å². The van der Waals surface area contributed by atoms with Gasteiger partial charge in [0.2, 0.25) is 5.91 Å². The largest absolute Gasteiger partial charge is 0.350 e. The Balaban J connectivity index is 1.86. The van der Waals surface area contributed by atoms with Crippen LogP contribution in [0.25, 0.3) is 6.08 Å². The third kappa shape index (κ3) is 4.22. The van der Waals surface area contributed by atoms with Crippen LogP contribution in [-0.4, -0.2) is 11.9 Å². The van der Waals surface area contributed by atoms with Crippen molar-refractivity contribution in [3.8, 4) is 0 Å². The average Bonchev–Trinajstić information content (AvgIpc) is 2.76. The van der Waals surface area contributed by atoms with Gasteiger partial charge in [-0.05, 0) is 48.3 Å². The third-order valence-electron chi connectivity index (χ3n) is 4.13. The molecule has 2 heteroatoms. The second kappa shape index (κ2) is 6.25. The first-order chi connectivity index (χ1) is 9.48. The first-order valence-electron chi connectivity index (χ1n) is 7.56. The van der Waals surface area contributed by atoms with Crippen LogP contribution in [0.1, 0.15) is 51.2 Å². The van der Waals surface area contributed by atoms with Crippen LogP contribution >= 0.6 is 0 Å². The molecule has 1 atom stereocenters. The summed E-state index contributed by atoms with van der Waals surface area (Å²) in [6.45, 7) is 6.68. The lowest BCUT2D eigenvalue weighted by atomic mass is 9.92. The molecule has 1 aromatic rings. The molecule has 0 radical (unpaired) electrons. The molecular weight excluding hydrogens is 246 g/mol. The number of carbonyl (C=O) groups excluding carboxylic acids is 1. The molecule has 1 aliphatic rings. The summed E-state index contributed by atoms with van der Waals surface area (Å²) in [4.78, 5) is 11.9. The van der Waals surface area contributed by atoms with Crippen molar-refractivity contribution in [1.82, 2.24) is 5.32 Å². The van der Waals surface area contributed by atoms with E-state index in [1.54, 1.807) is 6.08 Å². The molecule has 0 aliphatic heterocycles. The molecule has 20 heavy (non-hydrogen) atoms. The van der Waals surface area contributed by atoms with E-state index in [4.69, 9.17) is 0 Å². The van der Waals surface area contributed by atoms with Crippen molar-refractivity contribution in [3.05, 3.63) is 41.5 Å². The Morgan fingerprint density at radius 1 is 1.35 bits per heavy atom. The van der Waals surface area contributed by atoms with E-state index >= 15 is 0 Å². The first-order valence-corrected chi connectivity index (χ1v) is 7.56. The van der Waals surface area contributed by atoms with Crippen LogP contribution in [0.4, 0.5) is 0 Å². The van der Waals surface area contributed by atoms with E-state index < -0.39 is 0 Å². The second-order valence-corrected chi connectivity index (χ2v) is 6.54. The van der Waals surface area contributed by atoms with E-state index in [-0.39, 0.29) is 5.91 Å². The Morgan fingerprint density at radius 3 is 2.60 bits per heavy atom. The molecule has 0 bridgehead atoms. The average molecular weight is 271 g/mol. The van der Waals surface area contributed by atoms with Gasteiger partial charge in [0.15, 0.2) is 0 Å². The predicted octanol–water partition coefficient (Wildman–Crippen LogP) is 3.96. The van der Waals surface area contributed by atoms with E-state index in [9.17, 15) is 4.79 Å². The molecule has 1 aliphatic carbocycles. The van der Waals surface area contributed by atoms with Crippen molar-refractivity contribution in [2.45, 2.75) is 52.5 Å². The molecule has 108 valence electrons. The summed E-state index contributed by atoms with van der Waals surface area (Å²) in [5.74, 6) is 0.0206. The normalized spacial score (nSPS) is 21.2. The van der Waals surface area contributed by atoms with Crippen molar-refractivity contribution in [2.24, 2.45) is 5.41 Å². The quantitative estimate of drug-likeness (QED) is 0.825. The number of nitrogens with one attached hydrogen (secondary N) is 1. The maximum absolute atomic E-state index is 11.9. The number of rotatable bonds is 4. The fraction of sp³-hybridized carbons (Fsp3) is 0.500. The highest BCUT2D eigenvalue weighted by Gasteiger charge is 2.31. The molecule has 1 saturated carbocycles. The first kappa shape index (κ1) is 14.8. The minimum atomic E-state index is 0.0206. The van der Waals surface area contributed by atoms with Crippen LogP contribution in [0.2, 0.25) is 0 Å². The van der Waals surface area contributed by atoms with Crippen molar-refractivity contribution in [3.63, 3.8) is 0 Å². The van der Waals surface area contributed by atoms with Gasteiger partial charge in [0.05, 0.1) is 0 Å². The maximum Gasteiger partial charge on any atom is 0.244 e. The van der Waals surface area contributed by atoms with Crippen LogP contribution < -0.4 is 5.32 Å². The highest BCUT2D eigenvalue weighted by Crippen LogP contribution is 2.36. The number of hydrogen-bond donors (Lipinski definition) is 1. The highest BCUT2D eigenvalue weighted by atomic mass is 16.1. The van der Waals surface area contributed by atoms with Gasteiger partial charge in [-0.1, -0.05) is 45.0 Å². The molecular formula is C18H25NO. The number of carbonyl (C=O) groups is 1. The lowest BCUT2D eigenvalue weighted by Crippen LogP contribution is -2.32. The molecule has 1 unspecified atom stereocenters. The smallest absolute Gasteiger partial charge is 0.244 e. The highest BCUT2D eigenvalue weighted by molar-refractivity contribution is 5.91. The lowest BCUT2D eigenvalue weighted by molar-refractivity contribution is -0.117. The Morgan fingerprint density at radius 2 is 2.05 bits per heavy atom. The summed E-state index contributed by atoms with van der Waals surface area (Å²) < 4.78 is 0. The minimum Gasteiger partial charge on any atom is -0.350 e. The van der Waals surface area contributed by atoms with Crippen LogP contribution in [0, 0.1) is 5.41 Å². The number of benzene rings is 1. The summed E-state index contributed by atoms with van der Waals surface area (Å²) in [7, 11) is 0. The number of amides is 1. The molecule has 2 rings (SSSR count). The Bertz CT molecular complexity index is 485. The molecule has 0 saturated heterocycles. The Hall–Kier alpha value is -1.57. The summed E-state index contributed by atoms with van der Waals surface area (Å²) in [6, 6.07) is 8.67. The molecule has 1 fully saturated rings. The summed E-state index contributed by atoms with van der Waals surface area (Å²) in [6.07, 6.45) is 7.94. The van der Waals surface area contributed by atoms with Gasteiger partial charge in [-0.2, -0.15) is 0 Å². The molecule has 0 heterocycles. The van der Waals surface area contributed by atoms with Crippen LogP contribution in [0.5, 0.6) is 0 Å². The van der Waals surface area contributed by atoms with E-state index in [0.29, 0.717) is 11.5 Å². The van der Waals surface area contributed by atoms with Crippen LogP contribution in [-0.2, 0) is 11.2 Å². The summed E-state index contributed by atoms with van der Waals surface area (Å²) in [5, 5.41) is 3.10. The van der Waals surface area contributed by atoms with Crippen LogP contribution in [0.3, 0.4) is 0 Å². The SMILES string of the molecule is CCc1ccc(/C=C/C(=O)NC2CCC(C)(C)C2)cc1. The summed E-state index contributed by atoms with van der Waals surface area (Å²) >= 11 is 0. The van der Waals surface area contributed by atoms with Gasteiger partial charge in [-0.3, -0.25) is 4.79 Å². The fourth-order valence-corrected chi connectivity index (χ4v) is 2.84. The molecule has 2 nitrogen and oxygen atoms in total. The third-order valence-corrected chi connectivity index (χ3v) is 4.13. The van der Waals surface area contributed by atoms with Crippen molar-refractivity contribution in [1.29, 1.82) is 0 Å². The molecule has 1 aromatic carbocycles. The lowest BCUT2D eigenvalue weighted by Gasteiger charge is -2.17. The zero-order valence-electron chi connectivity index (χ0n) is 12.8. The van der Waals surface area contributed by atoms with E-state index in [0.717, 1.165) is 24.8 Å². The van der Waals surface area contributed by atoms with Gasteiger partial charge in [0.25, 0.3) is 0 Å². The van der Waals surface area contributed by atoms with E-state index in [1.165, 1.54) is 12.0 Å². The van der Waals surface area contributed by atoms with Gasteiger partial charge in [-0.15, -0.1) is 0 Å². The predicted molar refractivity (Wildman–Crippen MR) is 84.4 cm³/mol. The topological polar surface area (TPSA) is 29.1 Å². The maximum atomic E-state index is 11.9. The molecule has 1 N–H and O–H groups in total. The van der Waals surface area contributed by atoms with Crippen molar-refractivity contribution >= 4 is 12.0 Å². The van der Waals surface area contributed by atoms with Gasteiger partial charge in [0, 0.05) is 12.1 Å². The Labute approximate surface area is 122 Å². The van der Waals surface area contributed by atoms with E-state index in [1.807, 2.05) is 6.08 Å². The number of aryl methyl sites for hydroxylation is 1. The van der Waals surface area contributed by atoms with Gasteiger partial charge >= 0.3 is 0 Å². The van der Waals surface area contributed by atoms with Crippen molar-refractivity contribution in [2.75, 3.05) is 0 Å². The summed E-state index contributed by atoms with van der Waals surface area (Å²) in [5.41, 5.74) is 2.77. The zero-order valence-corrected chi connectivity index (χ0v) is 12.8. The second-order valence-electron chi connectivity index (χ2n) is 6.54. The van der Waals surface area contributed by atoms with Gasteiger partial charge in [0.1, 0.15) is 0 Å². The van der Waals surface area contributed by atoms with Gasteiger partial charge < -0.3 is 5.32 Å². The number of hydrogen-bond acceptors (Lipinski definition) is 1. The molecule has 1 amide bonds. The van der Waals surface area contributed by atoms with Gasteiger partial charge in [-0.25, -0.2) is 0 Å². The monoisotopic (exact) mass is 271 g/mol.